The van der Waals surface area contributed by atoms with Crippen LogP contribution in [0, 0.1) is 18.6 Å². The summed E-state index contributed by atoms with van der Waals surface area (Å²) in [5.74, 6) is -0.521. The SMILES string of the molecule is CCC(Nc1cc(Br)c(F)cc1C)c1ccc(F)cc1. The molecule has 2 aromatic rings. The Kier molecular flexibility index (Phi) is 4.76. The third kappa shape index (κ3) is 3.37. The highest BCUT2D eigenvalue weighted by Gasteiger charge is 2.12. The van der Waals surface area contributed by atoms with E-state index in [-0.39, 0.29) is 17.7 Å². The van der Waals surface area contributed by atoms with Crippen LogP contribution in [-0.4, -0.2) is 0 Å². The van der Waals surface area contributed by atoms with Crippen LogP contribution in [0.5, 0.6) is 0 Å². The lowest BCUT2D eigenvalue weighted by Crippen LogP contribution is -2.11. The molecule has 2 rings (SSSR count). The average Bonchev–Trinajstić information content (AvgIpc) is 2.42. The first kappa shape index (κ1) is 15.0. The van der Waals surface area contributed by atoms with Crippen LogP contribution in [0.1, 0.15) is 30.5 Å². The van der Waals surface area contributed by atoms with Crippen molar-refractivity contribution in [1.29, 1.82) is 0 Å². The minimum absolute atomic E-state index is 0.0617. The van der Waals surface area contributed by atoms with Crippen molar-refractivity contribution < 1.29 is 8.78 Å². The lowest BCUT2D eigenvalue weighted by molar-refractivity contribution is 0.619. The molecule has 4 heteroatoms. The molecule has 0 fully saturated rings. The van der Waals surface area contributed by atoms with E-state index in [9.17, 15) is 8.78 Å². The van der Waals surface area contributed by atoms with Crippen LogP contribution >= 0.6 is 15.9 Å². The summed E-state index contributed by atoms with van der Waals surface area (Å²) in [6.07, 6.45) is 0.847. The molecule has 1 N–H and O–H groups in total. The van der Waals surface area contributed by atoms with Crippen molar-refractivity contribution in [2.75, 3.05) is 5.32 Å². The maximum absolute atomic E-state index is 13.4. The molecule has 0 aliphatic heterocycles. The molecule has 106 valence electrons. The Morgan fingerprint density at radius 1 is 1.15 bits per heavy atom. The first-order valence-electron chi connectivity index (χ1n) is 6.49. The second-order valence-electron chi connectivity index (χ2n) is 4.74. The Hall–Kier alpha value is -1.42. The molecule has 1 atom stereocenters. The van der Waals surface area contributed by atoms with Crippen LogP contribution in [0.15, 0.2) is 40.9 Å². The smallest absolute Gasteiger partial charge is 0.137 e. The number of hydrogen-bond acceptors (Lipinski definition) is 1. The lowest BCUT2D eigenvalue weighted by Gasteiger charge is -2.20. The molecule has 0 heterocycles. The van der Waals surface area contributed by atoms with E-state index in [0.717, 1.165) is 23.2 Å². The molecule has 1 unspecified atom stereocenters. The Balaban J connectivity index is 2.26. The lowest BCUT2D eigenvalue weighted by atomic mass is 10.0. The van der Waals surface area contributed by atoms with Gasteiger partial charge in [-0.2, -0.15) is 0 Å². The normalized spacial score (nSPS) is 12.2. The van der Waals surface area contributed by atoms with Crippen LogP contribution in [0.25, 0.3) is 0 Å². The van der Waals surface area contributed by atoms with E-state index in [1.165, 1.54) is 18.2 Å². The molecule has 0 saturated carbocycles. The van der Waals surface area contributed by atoms with Crippen molar-refractivity contribution in [1.82, 2.24) is 0 Å². The third-order valence-corrected chi connectivity index (χ3v) is 3.89. The van der Waals surface area contributed by atoms with Gasteiger partial charge < -0.3 is 5.32 Å². The van der Waals surface area contributed by atoms with Gasteiger partial charge in [0.2, 0.25) is 0 Å². The standard InChI is InChI=1S/C16H16BrF2N/c1-3-15(11-4-6-12(18)7-5-11)20-16-9-13(17)14(19)8-10(16)2/h4-9,15,20H,3H2,1-2H3. The fraction of sp³-hybridized carbons (Fsp3) is 0.250. The van der Waals surface area contributed by atoms with Crippen LogP contribution < -0.4 is 5.32 Å². The molecule has 2 aromatic carbocycles. The molecule has 20 heavy (non-hydrogen) atoms. The number of rotatable bonds is 4. The van der Waals surface area contributed by atoms with Crippen LogP contribution in [-0.2, 0) is 0 Å². The molecule has 0 bridgehead atoms. The van der Waals surface area contributed by atoms with E-state index in [2.05, 4.69) is 28.2 Å². The largest absolute Gasteiger partial charge is 0.378 e. The molecule has 0 aliphatic rings. The van der Waals surface area contributed by atoms with Gasteiger partial charge >= 0.3 is 0 Å². The van der Waals surface area contributed by atoms with E-state index in [4.69, 9.17) is 0 Å². The number of anilines is 1. The summed E-state index contributed by atoms with van der Waals surface area (Å²) < 4.78 is 26.8. The van der Waals surface area contributed by atoms with Gasteiger partial charge in [-0.05, 0) is 64.7 Å². The molecule has 0 amide bonds. The van der Waals surface area contributed by atoms with Gasteiger partial charge in [-0.25, -0.2) is 8.78 Å². The molecule has 0 aromatic heterocycles. The monoisotopic (exact) mass is 339 g/mol. The van der Waals surface area contributed by atoms with E-state index >= 15 is 0 Å². The second-order valence-corrected chi connectivity index (χ2v) is 5.59. The predicted octanol–water partition coefficient (Wildman–Crippen LogP) is 5.60. The number of nitrogens with one attached hydrogen (secondary N) is 1. The van der Waals surface area contributed by atoms with Gasteiger partial charge in [0.05, 0.1) is 10.5 Å². The molecule has 0 radical (unpaired) electrons. The van der Waals surface area contributed by atoms with Crippen LogP contribution in [0.4, 0.5) is 14.5 Å². The highest BCUT2D eigenvalue weighted by atomic mass is 79.9. The van der Waals surface area contributed by atoms with Gasteiger partial charge in [0.1, 0.15) is 11.6 Å². The Bertz CT molecular complexity index is 596. The Morgan fingerprint density at radius 2 is 1.80 bits per heavy atom. The van der Waals surface area contributed by atoms with E-state index in [0.29, 0.717) is 4.47 Å². The number of hydrogen-bond donors (Lipinski definition) is 1. The predicted molar refractivity (Wildman–Crippen MR) is 81.9 cm³/mol. The van der Waals surface area contributed by atoms with Gasteiger partial charge in [0.25, 0.3) is 0 Å². The first-order valence-corrected chi connectivity index (χ1v) is 7.28. The molecule has 0 spiro atoms. The van der Waals surface area contributed by atoms with Crippen LogP contribution in [0.2, 0.25) is 0 Å². The minimum Gasteiger partial charge on any atom is -0.378 e. The van der Waals surface area contributed by atoms with Gasteiger partial charge in [-0.1, -0.05) is 19.1 Å². The summed E-state index contributed by atoms with van der Waals surface area (Å²) in [4.78, 5) is 0. The summed E-state index contributed by atoms with van der Waals surface area (Å²) in [5.41, 5.74) is 2.72. The Labute approximate surface area is 126 Å². The topological polar surface area (TPSA) is 12.0 Å². The molecular formula is C16H16BrF2N. The van der Waals surface area contributed by atoms with Crippen molar-refractivity contribution in [2.24, 2.45) is 0 Å². The van der Waals surface area contributed by atoms with Crippen molar-refractivity contribution >= 4 is 21.6 Å². The van der Waals surface area contributed by atoms with Crippen LogP contribution in [0.3, 0.4) is 0 Å². The summed E-state index contributed by atoms with van der Waals surface area (Å²) in [5, 5.41) is 3.38. The summed E-state index contributed by atoms with van der Waals surface area (Å²) in [6, 6.07) is 9.72. The number of aryl methyl sites for hydroxylation is 1. The molecular weight excluding hydrogens is 324 g/mol. The fourth-order valence-electron chi connectivity index (χ4n) is 2.11. The molecule has 1 nitrogen and oxygen atoms in total. The van der Waals surface area contributed by atoms with Gasteiger partial charge in [0.15, 0.2) is 0 Å². The molecule has 0 saturated heterocycles. The van der Waals surface area contributed by atoms with Crippen molar-refractivity contribution in [3.63, 3.8) is 0 Å². The maximum atomic E-state index is 13.4. The third-order valence-electron chi connectivity index (χ3n) is 3.28. The van der Waals surface area contributed by atoms with Gasteiger partial charge in [0, 0.05) is 5.69 Å². The van der Waals surface area contributed by atoms with Gasteiger partial charge in [-0.3, -0.25) is 0 Å². The van der Waals surface area contributed by atoms with Crippen molar-refractivity contribution in [2.45, 2.75) is 26.3 Å². The number of halogens is 3. The zero-order valence-corrected chi connectivity index (χ0v) is 13.0. The average molecular weight is 340 g/mol. The summed E-state index contributed by atoms with van der Waals surface area (Å²) in [7, 11) is 0. The zero-order valence-electron chi connectivity index (χ0n) is 11.4. The fourth-order valence-corrected chi connectivity index (χ4v) is 2.45. The number of benzene rings is 2. The molecule has 0 aliphatic carbocycles. The quantitative estimate of drug-likeness (QED) is 0.764. The highest BCUT2D eigenvalue weighted by molar-refractivity contribution is 9.10. The highest BCUT2D eigenvalue weighted by Crippen LogP contribution is 2.29. The van der Waals surface area contributed by atoms with E-state index in [1.807, 2.05) is 6.92 Å². The second kappa shape index (κ2) is 6.35. The Morgan fingerprint density at radius 3 is 2.40 bits per heavy atom. The van der Waals surface area contributed by atoms with Crippen molar-refractivity contribution in [3.05, 3.63) is 63.6 Å². The summed E-state index contributed by atoms with van der Waals surface area (Å²) >= 11 is 3.19. The van der Waals surface area contributed by atoms with Gasteiger partial charge in [-0.15, -0.1) is 0 Å². The van der Waals surface area contributed by atoms with E-state index < -0.39 is 0 Å². The zero-order chi connectivity index (χ0) is 14.7. The summed E-state index contributed by atoms with van der Waals surface area (Å²) in [6.45, 7) is 3.91. The first-order chi connectivity index (χ1) is 9.51. The maximum Gasteiger partial charge on any atom is 0.137 e. The van der Waals surface area contributed by atoms with E-state index in [1.54, 1.807) is 18.2 Å². The van der Waals surface area contributed by atoms with Crippen molar-refractivity contribution in [3.8, 4) is 0 Å². The minimum atomic E-state index is -0.275.